The summed E-state index contributed by atoms with van der Waals surface area (Å²) in [7, 11) is 0. The summed E-state index contributed by atoms with van der Waals surface area (Å²) in [6, 6.07) is 14.8. The Labute approximate surface area is 166 Å². The molecule has 0 atom stereocenters. The molecule has 28 heavy (non-hydrogen) atoms. The van der Waals surface area contributed by atoms with E-state index in [-0.39, 0.29) is 30.5 Å². The van der Waals surface area contributed by atoms with E-state index in [0.29, 0.717) is 12.1 Å². The molecule has 2 aromatic carbocycles. The lowest BCUT2D eigenvalue weighted by Gasteiger charge is -2.12. The summed E-state index contributed by atoms with van der Waals surface area (Å²) in [5.74, 6) is 0.556. The average molecular weight is 383 g/mol. The van der Waals surface area contributed by atoms with Crippen LogP contribution < -0.4 is 20.7 Å². The lowest BCUT2D eigenvalue weighted by Crippen LogP contribution is -2.30. The summed E-state index contributed by atoms with van der Waals surface area (Å²) in [6.45, 7) is 8.36. The molecule has 0 unspecified atom stereocenters. The first-order chi connectivity index (χ1) is 13.3. The summed E-state index contributed by atoms with van der Waals surface area (Å²) in [5.41, 5.74) is 2.28. The number of ether oxygens (including phenoxy) is 1. The third-order valence-electron chi connectivity index (χ3n) is 3.78. The Kier molecular flexibility index (Phi) is 7.87. The number of carbonyl (C=O) groups excluding carboxylic acids is 2. The minimum absolute atomic E-state index is 0.0703. The quantitative estimate of drug-likeness (QED) is 0.620. The number of rotatable bonds is 9. The van der Waals surface area contributed by atoms with E-state index in [9.17, 15) is 9.59 Å². The van der Waals surface area contributed by atoms with E-state index in [1.54, 1.807) is 18.2 Å². The number of hydrogen-bond acceptors (Lipinski definition) is 4. The van der Waals surface area contributed by atoms with E-state index >= 15 is 0 Å². The van der Waals surface area contributed by atoms with Crippen LogP contribution in [0.15, 0.2) is 48.5 Å². The van der Waals surface area contributed by atoms with Crippen LogP contribution in [0.1, 0.15) is 43.6 Å². The predicted octanol–water partition coefficient (Wildman–Crippen LogP) is 3.34. The highest BCUT2D eigenvalue weighted by Crippen LogP contribution is 2.14. The molecular formula is C22H29N3O3. The number of amides is 2. The Morgan fingerprint density at radius 2 is 1.71 bits per heavy atom. The lowest BCUT2D eigenvalue weighted by molar-refractivity contribution is -0.119. The standard InChI is InChI=1S/C22H29N3O3/c1-15(2)25-22(27)18-6-5-7-19(12-18)23-14-21(26)24-13-17-8-10-20(11-9-17)28-16(3)4/h5-12,15-16,23H,13-14H2,1-4H3,(H,24,26)(H,25,27). The number of hydrogen-bond donors (Lipinski definition) is 3. The molecule has 150 valence electrons. The Bertz CT molecular complexity index is 786. The highest BCUT2D eigenvalue weighted by atomic mass is 16.5. The van der Waals surface area contributed by atoms with Gasteiger partial charge in [0.05, 0.1) is 12.6 Å². The van der Waals surface area contributed by atoms with E-state index in [4.69, 9.17) is 4.74 Å². The first kappa shape index (κ1) is 21.3. The van der Waals surface area contributed by atoms with Gasteiger partial charge < -0.3 is 20.7 Å². The molecule has 2 amide bonds. The molecule has 0 aliphatic heterocycles. The van der Waals surface area contributed by atoms with Crippen molar-refractivity contribution in [3.63, 3.8) is 0 Å². The zero-order valence-electron chi connectivity index (χ0n) is 16.9. The first-order valence-electron chi connectivity index (χ1n) is 9.50. The Hall–Kier alpha value is -3.02. The molecule has 3 N–H and O–H groups in total. The van der Waals surface area contributed by atoms with Crippen molar-refractivity contribution in [1.82, 2.24) is 10.6 Å². The van der Waals surface area contributed by atoms with E-state index in [0.717, 1.165) is 17.0 Å². The van der Waals surface area contributed by atoms with Gasteiger partial charge in [-0.3, -0.25) is 9.59 Å². The smallest absolute Gasteiger partial charge is 0.251 e. The van der Waals surface area contributed by atoms with Gasteiger partial charge in [-0.25, -0.2) is 0 Å². The van der Waals surface area contributed by atoms with Gasteiger partial charge in [-0.15, -0.1) is 0 Å². The second kappa shape index (κ2) is 10.3. The highest BCUT2D eigenvalue weighted by molar-refractivity contribution is 5.95. The third kappa shape index (κ3) is 7.31. The maximum Gasteiger partial charge on any atom is 0.251 e. The fraction of sp³-hybridized carbons (Fsp3) is 0.364. The largest absolute Gasteiger partial charge is 0.491 e. The Morgan fingerprint density at radius 1 is 1.00 bits per heavy atom. The molecule has 0 bridgehead atoms. The van der Waals surface area contributed by atoms with Gasteiger partial charge in [-0.2, -0.15) is 0 Å². The van der Waals surface area contributed by atoms with Crippen molar-refractivity contribution in [2.45, 2.75) is 46.4 Å². The first-order valence-corrected chi connectivity index (χ1v) is 9.50. The van der Waals surface area contributed by atoms with Gasteiger partial charge in [0.2, 0.25) is 5.91 Å². The second-order valence-corrected chi connectivity index (χ2v) is 7.15. The molecule has 0 aliphatic rings. The van der Waals surface area contributed by atoms with Gasteiger partial charge in [-0.1, -0.05) is 18.2 Å². The summed E-state index contributed by atoms with van der Waals surface area (Å²) >= 11 is 0. The molecule has 2 rings (SSSR count). The molecule has 0 aromatic heterocycles. The maximum atomic E-state index is 12.1. The molecule has 2 aromatic rings. The monoisotopic (exact) mass is 383 g/mol. The van der Waals surface area contributed by atoms with Gasteiger partial charge in [0, 0.05) is 23.8 Å². The van der Waals surface area contributed by atoms with E-state index in [2.05, 4.69) is 16.0 Å². The minimum atomic E-state index is -0.131. The molecule has 0 spiro atoms. The second-order valence-electron chi connectivity index (χ2n) is 7.15. The van der Waals surface area contributed by atoms with Crippen LogP contribution in [0.25, 0.3) is 0 Å². The summed E-state index contributed by atoms with van der Waals surface area (Å²) in [5, 5.41) is 8.77. The van der Waals surface area contributed by atoms with E-state index in [1.165, 1.54) is 0 Å². The van der Waals surface area contributed by atoms with Crippen molar-refractivity contribution in [3.8, 4) is 5.75 Å². The topological polar surface area (TPSA) is 79.5 Å². The summed E-state index contributed by atoms with van der Waals surface area (Å²) < 4.78 is 5.60. The fourth-order valence-electron chi connectivity index (χ4n) is 2.52. The van der Waals surface area contributed by atoms with Crippen molar-refractivity contribution < 1.29 is 14.3 Å². The lowest BCUT2D eigenvalue weighted by atomic mass is 10.1. The normalized spacial score (nSPS) is 10.6. The predicted molar refractivity (Wildman–Crippen MR) is 112 cm³/mol. The van der Waals surface area contributed by atoms with Crippen molar-refractivity contribution in [3.05, 3.63) is 59.7 Å². The molecule has 6 heteroatoms. The molecule has 0 aliphatic carbocycles. The van der Waals surface area contributed by atoms with Gasteiger partial charge in [0.15, 0.2) is 0 Å². The van der Waals surface area contributed by atoms with Crippen molar-refractivity contribution in [2.75, 3.05) is 11.9 Å². The van der Waals surface area contributed by atoms with Crippen LogP contribution in [-0.2, 0) is 11.3 Å². The van der Waals surface area contributed by atoms with Gasteiger partial charge >= 0.3 is 0 Å². The zero-order chi connectivity index (χ0) is 20.5. The Morgan fingerprint density at radius 3 is 2.36 bits per heavy atom. The van der Waals surface area contributed by atoms with Crippen molar-refractivity contribution in [1.29, 1.82) is 0 Å². The number of anilines is 1. The van der Waals surface area contributed by atoms with Crippen LogP contribution in [-0.4, -0.2) is 30.5 Å². The van der Waals surface area contributed by atoms with Crippen LogP contribution >= 0.6 is 0 Å². The number of carbonyl (C=O) groups is 2. The van der Waals surface area contributed by atoms with E-state index < -0.39 is 0 Å². The van der Waals surface area contributed by atoms with Crippen LogP contribution in [0.4, 0.5) is 5.69 Å². The van der Waals surface area contributed by atoms with Crippen LogP contribution in [0.3, 0.4) is 0 Å². The van der Waals surface area contributed by atoms with Gasteiger partial charge in [-0.05, 0) is 63.6 Å². The van der Waals surface area contributed by atoms with Crippen LogP contribution in [0.2, 0.25) is 0 Å². The number of nitrogens with one attached hydrogen (secondary N) is 3. The Balaban J connectivity index is 1.80. The van der Waals surface area contributed by atoms with Gasteiger partial charge in [0.1, 0.15) is 5.75 Å². The van der Waals surface area contributed by atoms with E-state index in [1.807, 2.05) is 58.0 Å². The SMILES string of the molecule is CC(C)NC(=O)c1cccc(NCC(=O)NCc2ccc(OC(C)C)cc2)c1. The maximum absolute atomic E-state index is 12.1. The molecule has 0 saturated heterocycles. The van der Waals surface area contributed by atoms with Crippen LogP contribution in [0.5, 0.6) is 5.75 Å². The van der Waals surface area contributed by atoms with Crippen molar-refractivity contribution in [2.24, 2.45) is 0 Å². The fourth-order valence-corrected chi connectivity index (χ4v) is 2.52. The summed E-state index contributed by atoms with van der Waals surface area (Å²) in [4.78, 5) is 24.1. The molecule has 6 nitrogen and oxygen atoms in total. The third-order valence-corrected chi connectivity index (χ3v) is 3.78. The molecule has 0 radical (unpaired) electrons. The van der Waals surface area contributed by atoms with Crippen molar-refractivity contribution >= 4 is 17.5 Å². The highest BCUT2D eigenvalue weighted by Gasteiger charge is 2.08. The molecule has 0 saturated carbocycles. The van der Waals surface area contributed by atoms with Crippen LogP contribution in [0, 0.1) is 0 Å². The number of benzene rings is 2. The summed E-state index contributed by atoms with van der Waals surface area (Å²) in [6.07, 6.45) is 0.131. The average Bonchev–Trinajstić information content (AvgIpc) is 2.65. The molecule has 0 heterocycles. The van der Waals surface area contributed by atoms with Gasteiger partial charge in [0.25, 0.3) is 5.91 Å². The minimum Gasteiger partial charge on any atom is -0.491 e. The zero-order valence-corrected chi connectivity index (χ0v) is 16.9. The molecule has 0 fully saturated rings. The molecular weight excluding hydrogens is 354 g/mol.